The maximum absolute atomic E-state index is 11.1. The third-order valence-electron chi connectivity index (χ3n) is 5.99. The molecule has 3 aromatic rings. The van der Waals surface area contributed by atoms with Gasteiger partial charge in [-0.1, -0.05) is 13.8 Å². The first-order valence-electron chi connectivity index (χ1n) is 11.2. The highest BCUT2D eigenvalue weighted by molar-refractivity contribution is 7.23. The van der Waals surface area contributed by atoms with Crippen LogP contribution in [-0.2, 0) is 17.8 Å². The molecule has 0 aliphatic carbocycles. The van der Waals surface area contributed by atoms with Crippen molar-refractivity contribution in [1.29, 1.82) is 0 Å². The van der Waals surface area contributed by atoms with Crippen LogP contribution >= 0.6 is 22.7 Å². The number of nitrogens with zero attached hydrogens (tertiary/aromatic N) is 2. The molecule has 1 aromatic carbocycles. The Kier molecular flexibility index (Phi) is 6.98. The van der Waals surface area contributed by atoms with E-state index in [4.69, 9.17) is 14.8 Å². The van der Waals surface area contributed by atoms with Crippen molar-refractivity contribution in [2.45, 2.75) is 53.2 Å². The van der Waals surface area contributed by atoms with Gasteiger partial charge < -0.3 is 9.84 Å². The molecule has 0 saturated carbocycles. The fraction of sp³-hybridized carbons (Fsp3) is 0.440. The molecule has 3 heterocycles. The molecule has 1 aliphatic heterocycles. The zero-order valence-electron chi connectivity index (χ0n) is 19.1. The van der Waals surface area contributed by atoms with Gasteiger partial charge in [-0.25, -0.2) is 4.98 Å². The molecule has 1 fully saturated rings. The molecule has 0 unspecified atom stereocenters. The highest BCUT2D eigenvalue weighted by atomic mass is 32.1. The van der Waals surface area contributed by atoms with Crippen molar-refractivity contribution in [2.75, 3.05) is 13.1 Å². The fourth-order valence-corrected chi connectivity index (χ4v) is 6.15. The van der Waals surface area contributed by atoms with E-state index < -0.39 is 5.97 Å². The molecule has 0 amide bonds. The lowest BCUT2D eigenvalue weighted by Gasteiger charge is -2.36. The van der Waals surface area contributed by atoms with Crippen LogP contribution in [0.2, 0.25) is 0 Å². The standard InChI is InChI=1S/C25H30N2O3S2/c1-5-16(4)30-21-8-7-18(9-15(21)3)22-11-26-24(32-22)23-17(6-2)10-20(31-23)14-27-12-19(13-27)25(28)29/h7-11,16,19H,5-6,12-14H2,1-4H3,(H,28,29)/t16-/m0/s1. The second-order valence-electron chi connectivity index (χ2n) is 8.50. The summed E-state index contributed by atoms with van der Waals surface area (Å²) in [7, 11) is 0. The minimum absolute atomic E-state index is 0.210. The summed E-state index contributed by atoms with van der Waals surface area (Å²) in [5, 5.41) is 10.1. The lowest BCUT2D eigenvalue weighted by molar-refractivity contribution is -0.147. The monoisotopic (exact) mass is 470 g/mol. The van der Waals surface area contributed by atoms with E-state index in [0.29, 0.717) is 13.1 Å². The zero-order chi connectivity index (χ0) is 22.8. The van der Waals surface area contributed by atoms with E-state index in [0.717, 1.165) is 46.1 Å². The first kappa shape index (κ1) is 23.0. The zero-order valence-corrected chi connectivity index (χ0v) is 20.7. The summed E-state index contributed by atoms with van der Waals surface area (Å²) < 4.78 is 6.01. The smallest absolute Gasteiger partial charge is 0.309 e. The third-order valence-corrected chi connectivity index (χ3v) is 8.35. The van der Waals surface area contributed by atoms with Crippen molar-refractivity contribution in [3.8, 4) is 26.1 Å². The summed E-state index contributed by atoms with van der Waals surface area (Å²) >= 11 is 3.51. The molecule has 1 aliphatic rings. The molecule has 7 heteroatoms. The number of hydrogen-bond donors (Lipinski definition) is 1. The normalized spacial score (nSPS) is 15.5. The number of rotatable bonds is 9. The maximum Gasteiger partial charge on any atom is 0.309 e. The van der Waals surface area contributed by atoms with Crippen LogP contribution in [0.25, 0.3) is 20.3 Å². The molecule has 0 bridgehead atoms. The van der Waals surface area contributed by atoms with Gasteiger partial charge in [0.2, 0.25) is 0 Å². The van der Waals surface area contributed by atoms with Gasteiger partial charge in [-0.15, -0.1) is 22.7 Å². The number of thiophene rings is 1. The summed E-state index contributed by atoms with van der Waals surface area (Å²) in [6.45, 7) is 10.6. The number of carboxylic acid groups (broad SMARTS) is 1. The Bertz CT molecular complexity index is 1100. The topological polar surface area (TPSA) is 62.7 Å². The van der Waals surface area contributed by atoms with Crippen molar-refractivity contribution < 1.29 is 14.6 Å². The van der Waals surface area contributed by atoms with Gasteiger partial charge in [0, 0.05) is 30.7 Å². The first-order chi connectivity index (χ1) is 15.4. The Labute approximate surface area is 197 Å². The number of aromatic nitrogens is 1. The molecule has 1 N–H and O–H groups in total. The predicted molar refractivity (Wildman–Crippen MR) is 132 cm³/mol. The number of thiazole rings is 1. The van der Waals surface area contributed by atoms with Crippen molar-refractivity contribution in [3.63, 3.8) is 0 Å². The summed E-state index contributed by atoms with van der Waals surface area (Å²) in [4.78, 5) is 21.7. The van der Waals surface area contributed by atoms with E-state index in [2.05, 4.69) is 56.9 Å². The Hall–Kier alpha value is -2.22. The minimum atomic E-state index is -0.688. The summed E-state index contributed by atoms with van der Waals surface area (Å²) in [5.41, 5.74) is 3.62. The van der Waals surface area contributed by atoms with Gasteiger partial charge in [-0.3, -0.25) is 9.69 Å². The number of benzene rings is 1. The number of ether oxygens (including phenoxy) is 1. The van der Waals surface area contributed by atoms with Gasteiger partial charge in [0.25, 0.3) is 0 Å². The molecular weight excluding hydrogens is 440 g/mol. The molecule has 1 saturated heterocycles. The summed E-state index contributed by atoms with van der Waals surface area (Å²) in [6, 6.07) is 8.62. The van der Waals surface area contributed by atoms with Crippen molar-refractivity contribution in [1.82, 2.24) is 9.88 Å². The van der Waals surface area contributed by atoms with Crippen molar-refractivity contribution >= 4 is 28.6 Å². The number of likely N-dealkylation sites (tertiary alicyclic amines) is 1. The Morgan fingerprint density at radius 2 is 2.06 bits per heavy atom. The van der Waals surface area contributed by atoms with Crippen LogP contribution in [0.1, 0.15) is 43.2 Å². The average Bonchev–Trinajstić information content (AvgIpc) is 3.38. The van der Waals surface area contributed by atoms with Crippen molar-refractivity contribution in [2.24, 2.45) is 5.92 Å². The molecule has 0 spiro atoms. The number of aliphatic carboxylic acids is 1. The number of carbonyl (C=O) groups is 1. The lowest BCUT2D eigenvalue weighted by atomic mass is 10.0. The van der Waals surface area contributed by atoms with Gasteiger partial charge in [-0.2, -0.15) is 0 Å². The van der Waals surface area contributed by atoms with Crippen LogP contribution in [0.5, 0.6) is 5.75 Å². The van der Waals surface area contributed by atoms with Gasteiger partial charge in [-0.05, 0) is 67.6 Å². The van der Waals surface area contributed by atoms with E-state index in [-0.39, 0.29) is 12.0 Å². The van der Waals surface area contributed by atoms with E-state index in [9.17, 15) is 4.79 Å². The Morgan fingerprint density at radius 1 is 1.28 bits per heavy atom. The summed E-state index contributed by atoms with van der Waals surface area (Å²) in [5.74, 6) is 0.0413. The van der Waals surface area contributed by atoms with Crippen LogP contribution in [0.15, 0.2) is 30.5 Å². The Balaban J connectivity index is 1.50. The van der Waals surface area contributed by atoms with Gasteiger partial charge in [0.1, 0.15) is 10.8 Å². The van der Waals surface area contributed by atoms with E-state index in [1.165, 1.54) is 15.3 Å². The van der Waals surface area contributed by atoms with Gasteiger partial charge in [0.05, 0.1) is 21.8 Å². The fourth-order valence-electron chi connectivity index (χ4n) is 3.83. The average molecular weight is 471 g/mol. The Morgan fingerprint density at radius 3 is 2.72 bits per heavy atom. The highest BCUT2D eigenvalue weighted by Gasteiger charge is 2.32. The lowest BCUT2D eigenvalue weighted by Crippen LogP contribution is -2.49. The molecule has 5 nitrogen and oxygen atoms in total. The van der Waals surface area contributed by atoms with E-state index in [1.807, 2.05) is 6.20 Å². The quantitative estimate of drug-likeness (QED) is 0.409. The summed E-state index contributed by atoms with van der Waals surface area (Å²) in [6.07, 6.45) is 4.12. The molecule has 32 heavy (non-hydrogen) atoms. The molecule has 4 rings (SSSR count). The van der Waals surface area contributed by atoms with Crippen LogP contribution in [0.4, 0.5) is 0 Å². The second kappa shape index (κ2) is 9.73. The van der Waals surface area contributed by atoms with Crippen molar-refractivity contribution in [3.05, 3.63) is 46.5 Å². The van der Waals surface area contributed by atoms with Crippen LogP contribution < -0.4 is 4.74 Å². The van der Waals surface area contributed by atoms with Crippen LogP contribution in [-0.4, -0.2) is 40.2 Å². The third kappa shape index (κ3) is 4.90. The van der Waals surface area contributed by atoms with Crippen LogP contribution in [0, 0.1) is 12.8 Å². The molecule has 0 radical (unpaired) electrons. The van der Waals surface area contributed by atoms with Gasteiger partial charge >= 0.3 is 5.97 Å². The molecule has 170 valence electrons. The van der Waals surface area contributed by atoms with Crippen LogP contribution in [0.3, 0.4) is 0 Å². The highest BCUT2D eigenvalue weighted by Crippen LogP contribution is 2.40. The number of aryl methyl sites for hydroxylation is 2. The minimum Gasteiger partial charge on any atom is -0.490 e. The molecular formula is C25H30N2O3S2. The van der Waals surface area contributed by atoms with Gasteiger partial charge in [0.15, 0.2) is 0 Å². The maximum atomic E-state index is 11.1. The first-order valence-corrected chi connectivity index (χ1v) is 12.8. The molecule has 1 atom stereocenters. The largest absolute Gasteiger partial charge is 0.490 e. The molecule has 2 aromatic heterocycles. The van der Waals surface area contributed by atoms with E-state index >= 15 is 0 Å². The van der Waals surface area contributed by atoms with E-state index in [1.54, 1.807) is 22.7 Å². The number of carboxylic acids is 1. The number of hydrogen-bond acceptors (Lipinski definition) is 6. The second-order valence-corrected chi connectivity index (χ2v) is 10.7. The predicted octanol–water partition coefficient (Wildman–Crippen LogP) is 6.10. The SMILES string of the molecule is CCc1cc(CN2CC(C(=O)O)C2)sc1-c1ncc(-c2ccc(O[C@@H](C)CC)c(C)c2)s1.